The van der Waals surface area contributed by atoms with E-state index >= 15 is 0 Å². The van der Waals surface area contributed by atoms with E-state index in [4.69, 9.17) is 14.2 Å². The van der Waals surface area contributed by atoms with Gasteiger partial charge >= 0.3 is 0 Å². The van der Waals surface area contributed by atoms with Gasteiger partial charge in [0.2, 0.25) is 0 Å². The fourth-order valence-electron chi connectivity index (χ4n) is 3.40. The average molecular weight is 369 g/mol. The van der Waals surface area contributed by atoms with E-state index in [2.05, 4.69) is 5.32 Å². The molecular formula is C22H27NO4. The molecule has 0 aliphatic carbocycles. The van der Waals surface area contributed by atoms with Crippen molar-refractivity contribution in [1.29, 1.82) is 0 Å². The number of carbonyl (C=O) groups is 1. The highest BCUT2D eigenvalue weighted by atomic mass is 16.5. The number of ether oxygens (including phenoxy) is 3. The Labute approximate surface area is 160 Å². The number of para-hydroxylation sites is 1. The largest absolute Gasteiger partial charge is 0.496 e. The van der Waals surface area contributed by atoms with Crippen molar-refractivity contribution in [2.75, 3.05) is 13.7 Å². The van der Waals surface area contributed by atoms with Gasteiger partial charge in [0.05, 0.1) is 13.2 Å². The zero-order valence-electron chi connectivity index (χ0n) is 16.6. The lowest BCUT2D eigenvalue weighted by atomic mass is 10.0. The molecule has 1 N–H and O–H groups in total. The minimum absolute atomic E-state index is 0.0707. The van der Waals surface area contributed by atoms with Crippen LogP contribution in [0.1, 0.15) is 43.5 Å². The molecule has 2 aromatic rings. The molecule has 1 atom stereocenters. The molecular weight excluding hydrogens is 342 g/mol. The Bertz CT molecular complexity index is 844. The number of carbonyl (C=O) groups excluding carboxylic acids is 1. The summed E-state index contributed by atoms with van der Waals surface area (Å²) in [5.41, 5.74) is 2.91. The first-order chi connectivity index (χ1) is 12.8. The van der Waals surface area contributed by atoms with Crippen molar-refractivity contribution >= 4 is 5.91 Å². The van der Waals surface area contributed by atoms with Gasteiger partial charge in [-0.1, -0.05) is 29.8 Å². The lowest BCUT2D eigenvalue weighted by Crippen LogP contribution is -2.31. The summed E-state index contributed by atoms with van der Waals surface area (Å²) in [6.07, 6.45) is 0.829. The molecule has 1 aliphatic heterocycles. The summed E-state index contributed by atoms with van der Waals surface area (Å²) in [5.74, 6) is 1.91. The van der Waals surface area contributed by atoms with Gasteiger partial charge in [-0.3, -0.25) is 4.79 Å². The number of rotatable bonds is 6. The predicted molar refractivity (Wildman–Crippen MR) is 105 cm³/mol. The second kappa shape index (κ2) is 7.51. The Hall–Kier alpha value is -2.69. The van der Waals surface area contributed by atoms with Gasteiger partial charge in [0.1, 0.15) is 11.4 Å². The number of hydrogen-bond donors (Lipinski definition) is 1. The Morgan fingerprint density at radius 3 is 2.78 bits per heavy atom. The van der Waals surface area contributed by atoms with Gasteiger partial charge in [0, 0.05) is 17.5 Å². The molecule has 0 saturated carbocycles. The van der Waals surface area contributed by atoms with Crippen LogP contribution in [-0.2, 0) is 11.2 Å². The third-order valence-corrected chi connectivity index (χ3v) is 4.64. The first kappa shape index (κ1) is 19.1. The van der Waals surface area contributed by atoms with Crippen molar-refractivity contribution in [2.45, 2.75) is 45.8 Å². The summed E-state index contributed by atoms with van der Waals surface area (Å²) in [4.78, 5) is 12.4. The Kier molecular flexibility index (Phi) is 5.31. The van der Waals surface area contributed by atoms with Crippen LogP contribution in [0.3, 0.4) is 0 Å². The SMILES string of the molecule is COc1ccc(C)cc1[C@@H](C)NC(=O)COc1cccc2c1OC(C)(C)C2. The van der Waals surface area contributed by atoms with Gasteiger partial charge in [-0.05, 0) is 39.8 Å². The van der Waals surface area contributed by atoms with Crippen molar-refractivity contribution in [3.8, 4) is 17.2 Å². The molecule has 0 unspecified atom stereocenters. The van der Waals surface area contributed by atoms with E-state index in [1.54, 1.807) is 7.11 Å². The highest BCUT2D eigenvalue weighted by Gasteiger charge is 2.32. The van der Waals surface area contributed by atoms with E-state index in [-0.39, 0.29) is 24.2 Å². The van der Waals surface area contributed by atoms with Crippen molar-refractivity contribution < 1.29 is 19.0 Å². The second-order valence-electron chi connectivity index (χ2n) is 7.61. The number of aryl methyl sites for hydroxylation is 1. The Morgan fingerprint density at radius 1 is 1.26 bits per heavy atom. The van der Waals surface area contributed by atoms with Crippen LogP contribution in [0, 0.1) is 6.92 Å². The van der Waals surface area contributed by atoms with Crippen LogP contribution in [0.5, 0.6) is 17.2 Å². The van der Waals surface area contributed by atoms with E-state index in [9.17, 15) is 4.79 Å². The minimum atomic E-state index is -0.250. The molecule has 3 rings (SSSR count). The molecule has 1 aliphatic rings. The van der Waals surface area contributed by atoms with Gasteiger partial charge in [-0.15, -0.1) is 0 Å². The number of methoxy groups -OCH3 is 1. The molecule has 0 bridgehead atoms. The standard InChI is InChI=1S/C22H27NO4/c1-14-9-10-18(25-5)17(11-14)15(2)23-20(24)13-26-19-8-6-7-16-12-22(3,4)27-21(16)19/h6-11,15H,12-13H2,1-5H3,(H,23,24)/t15-/m1/s1. The van der Waals surface area contributed by atoms with Gasteiger partial charge in [-0.2, -0.15) is 0 Å². The summed E-state index contributed by atoms with van der Waals surface area (Å²) < 4.78 is 17.1. The molecule has 0 saturated heterocycles. The van der Waals surface area contributed by atoms with Crippen molar-refractivity contribution in [2.24, 2.45) is 0 Å². The molecule has 5 heteroatoms. The number of nitrogens with one attached hydrogen (secondary N) is 1. The number of fused-ring (bicyclic) bond motifs is 1. The molecule has 5 nitrogen and oxygen atoms in total. The number of amides is 1. The summed E-state index contributed by atoms with van der Waals surface area (Å²) >= 11 is 0. The monoisotopic (exact) mass is 369 g/mol. The maximum Gasteiger partial charge on any atom is 0.258 e. The molecule has 144 valence electrons. The topological polar surface area (TPSA) is 56.8 Å². The van der Waals surface area contributed by atoms with E-state index in [1.165, 1.54) is 0 Å². The average Bonchev–Trinajstić information content (AvgIpc) is 2.94. The second-order valence-corrected chi connectivity index (χ2v) is 7.61. The van der Waals surface area contributed by atoms with Crippen molar-refractivity contribution in [3.05, 3.63) is 53.1 Å². The van der Waals surface area contributed by atoms with Crippen LogP contribution < -0.4 is 19.5 Å². The van der Waals surface area contributed by atoms with Crippen LogP contribution in [0.4, 0.5) is 0 Å². The fraction of sp³-hybridized carbons (Fsp3) is 0.409. The van der Waals surface area contributed by atoms with Crippen LogP contribution in [0.15, 0.2) is 36.4 Å². The molecule has 1 heterocycles. The molecule has 0 aromatic heterocycles. The fourth-order valence-corrected chi connectivity index (χ4v) is 3.40. The molecule has 2 aromatic carbocycles. The minimum Gasteiger partial charge on any atom is -0.496 e. The number of benzene rings is 2. The normalized spacial score (nSPS) is 15.4. The van der Waals surface area contributed by atoms with Gasteiger partial charge in [0.25, 0.3) is 5.91 Å². The summed E-state index contributed by atoms with van der Waals surface area (Å²) in [7, 11) is 1.63. The summed E-state index contributed by atoms with van der Waals surface area (Å²) in [6, 6.07) is 11.5. The maximum absolute atomic E-state index is 12.4. The van der Waals surface area contributed by atoms with Crippen LogP contribution in [-0.4, -0.2) is 25.2 Å². The third-order valence-electron chi connectivity index (χ3n) is 4.64. The lowest BCUT2D eigenvalue weighted by Gasteiger charge is -2.19. The zero-order chi connectivity index (χ0) is 19.6. The molecule has 0 fully saturated rings. The van der Waals surface area contributed by atoms with E-state index in [1.807, 2.05) is 64.1 Å². The predicted octanol–water partition coefficient (Wildman–Crippen LogP) is 3.97. The van der Waals surface area contributed by atoms with Crippen LogP contribution >= 0.6 is 0 Å². The van der Waals surface area contributed by atoms with Gasteiger partial charge < -0.3 is 19.5 Å². The molecule has 0 radical (unpaired) electrons. The Balaban J connectivity index is 1.63. The van der Waals surface area contributed by atoms with Crippen LogP contribution in [0.25, 0.3) is 0 Å². The van der Waals surface area contributed by atoms with Gasteiger partial charge in [0.15, 0.2) is 18.1 Å². The maximum atomic E-state index is 12.4. The Morgan fingerprint density at radius 2 is 2.04 bits per heavy atom. The first-order valence-electron chi connectivity index (χ1n) is 9.16. The highest BCUT2D eigenvalue weighted by Crippen LogP contribution is 2.41. The summed E-state index contributed by atoms with van der Waals surface area (Å²) in [5, 5.41) is 2.97. The quantitative estimate of drug-likeness (QED) is 0.837. The van der Waals surface area contributed by atoms with Gasteiger partial charge in [-0.25, -0.2) is 0 Å². The van der Waals surface area contributed by atoms with E-state index in [0.29, 0.717) is 5.75 Å². The zero-order valence-corrected chi connectivity index (χ0v) is 16.6. The molecule has 27 heavy (non-hydrogen) atoms. The van der Waals surface area contributed by atoms with Crippen LogP contribution in [0.2, 0.25) is 0 Å². The first-order valence-corrected chi connectivity index (χ1v) is 9.16. The smallest absolute Gasteiger partial charge is 0.258 e. The number of hydrogen-bond acceptors (Lipinski definition) is 4. The highest BCUT2D eigenvalue weighted by molar-refractivity contribution is 5.78. The van der Waals surface area contributed by atoms with E-state index < -0.39 is 0 Å². The van der Waals surface area contributed by atoms with E-state index in [0.717, 1.165) is 34.6 Å². The van der Waals surface area contributed by atoms with Crippen molar-refractivity contribution in [1.82, 2.24) is 5.32 Å². The third kappa shape index (κ3) is 4.35. The molecule has 1 amide bonds. The molecule has 0 spiro atoms. The van der Waals surface area contributed by atoms with Crippen molar-refractivity contribution in [3.63, 3.8) is 0 Å². The summed E-state index contributed by atoms with van der Waals surface area (Å²) in [6.45, 7) is 7.96. The lowest BCUT2D eigenvalue weighted by molar-refractivity contribution is -0.123.